The molecule has 3 unspecified atom stereocenters. The van der Waals surface area contributed by atoms with Crippen LogP contribution in [0, 0.1) is 17.3 Å². The first kappa shape index (κ1) is 13.3. The quantitative estimate of drug-likeness (QED) is 0.755. The molecule has 1 heteroatoms. The molecule has 3 aliphatic rings. The molecular formula is C20H24O. The number of hydrogen-bond acceptors (Lipinski definition) is 1. The molecular weight excluding hydrogens is 256 g/mol. The number of allylic oxidation sites excluding steroid dienone is 2. The highest BCUT2D eigenvalue weighted by Crippen LogP contribution is 2.56. The first-order valence-electron chi connectivity index (χ1n) is 8.54. The van der Waals surface area contributed by atoms with Crippen molar-refractivity contribution < 1.29 is 4.79 Å². The molecule has 0 N–H and O–H groups in total. The lowest BCUT2D eigenvalue weighted by molar-refractivity contribution is -0.130. The van der Waals surface area contributed by atoms with Crippen LogP contribution in [0.4, 0.5) is 0 Å². The minimum Gasteiger partial charge on any atom is -0.299 e. The van der Waals surface area contributed by atoms with Crippen LogP contribution in [0.2, 0.25) is 0 Å². The molecule has 0 radical (unpaired) electrons. The predicted octanol–water partition coefficient (Wildman–Crippen LogP) is 4.28. The van der Waals surface area contributed by atoms with Crippen molar-refractivity contribution in [2.45, 2.75) is 51.9 Å². The number of ketones is 1. The molecule has 0 aromatic heterocycles. The van der Waals surface area contributed by atoms with Crippen molar-refractivity contribution in [2.24, 2.45) is 17.3 Å². The van der Waals surface area contributed by atoms with Crippen LogP contribution in [-0.4, -0.2) is 5.78 Å². The van der Waals surface area contributed by atoms with Crippen LogP contribution in [0.3, 0.4) is 0 Å². The van der Waals surface area contributed by atoms with E-state index in [9.17, 15) is 4.79 Å². The van der Waals surface area contributed by atoms with Crippen molar-refractivity contribution in [1.29, 1.82) is 0 Å². The number of hydrogen-bond donors (Lipinski definition) is 0. The molecule has 0 amide bonds. The van der Waals surface area contributed by atoms with Gasteiger partial charge < -0.3 is 0 Å². The number of aryl methyl sites for hydroxylation is 1. The van der Waals surface area contributed by atoms with Crippen LogP contribution < -0.4 is 0 Å². The third-order valence-electron chi connectivity index (χ3n) is 6.08. The predicted molar refractivity (Wildman–Crippen MR) is 85.3 cm³/mol. The van der Waals surface area contributed by atoms with Crippen LogP contribution in [0.5, 0.6) is 0 Å². The maximum absolute atomic E-state index is 13.0. The Bertz CT molecular complexity index is 612. The van der Waals surface area contributed by atoms with E-state index in [1.807, 2.05) is 0 Å². The molecule has 3 aliphatic carbocycles. The highest BCUT2D eigenvalue weighted by Gasteiger charge is 2.54. The lowest BCUT2D eigenvalue weighted by Crippen LogP contribution is -2.42. The Morgan fingerprint density at radius 1 is 1.29 bits per heavy atom. The third kappa shape index (κ3) is 1.93. The molecule has 1 nitrogen and oxygen atoms in total. The lowest BCUT2D eigenvalue weighted by atomic mass is 9.63. The Balaban J connectivity index is 1.69. The van der Waals surface area contributed by atoms with Gasteiger partial charge in [-0.15, -0.1) is 0 Å². The monoisotopic (exact) mass is 280 g/mol. The average Bonchev–Trinajstić information content (AvgIpc) is 3.08. The van der Waals surface area contributed by atoms with Gasteiger partial charge in [0.05, 0.1) is 0 Å². The second kappa shape index (κ2) is 4.83. The second-order valence-electron chi connectivity index (χ2n) is 7.28. The van der Waals surface area contributed by atoms with Crippen LogP contribution >= 0.6 is 0 Å². The van der Waals surface area contributed by atoms with Crippen molar-refractivity contribution in [1.82, 2.24) is 0 Å². The summed E-state index contributed by atoms with van der Waals surface area (Å²) < 4.78 is 0. The van der Waals surface area contributed by atoms with E-state index >= 15 is 0 Å². The number of rotatable bonds is 3. The van der Waals surface area contributed by atoms with Gasteiger partial charge in [0, 0.05) is 11.8 Å². The van der Waals surface area contributed by atoms with Gasteiger partial charge in [-0.25, -0.2) is 0 Å². The Morgan fingerprint density at radius 3 is 2.90 bits per heavy atom. The summed E-state index contributed by atoms with van der Waals surface area (Å²) in [5.41, 5.74) is 4.21. The molecule has 0 aliphatic heterocycles. The Kier molecular flexibility index (Phi) is 3.06. The SMILES string of the molecule is CCCCc1cccc2c1CC(=O)C1(C2)CC2C=CC1C2. The standard InChI is InChI=1S/C20H24O/c1-2-3-5-15-6-4-7-16-13-20(19(21)11-18(15)16)12-14-8-9-17(20)10-14/h4,6-9,14,17H,2-3,5,10-13H2,1H3. The van der Waals surface area contributed by atoms with Gasteiger partial charge in [-0.2, -0.15) is 0 Å². The zero-order valence-electron chi connectivity index (χ0n) is 12.9. The Morgan fingerprint density at radius 2 is 2.19 bits per heavy atom. The van der Waals surface area contributed by atoms with Crippen LogP contribution in [0.25, 0.3) is 0 Å². The van der Waals surface area contributed by atoms with Gasteiger partial charge >= 0.3 is 0 Å². The fourth-order valence-corrected chi connectivity index (χ4v) is 4.94. The minimum atomic E-state index is -0.0458. The molecule has 0 saturated heterocycles. The molecule has 2 bridgehead atoms. The summed E-state index contributed by atoms with van der Waals surface area (Å²) in [6.07, 6.45) is 12.3. The molecule has 1 spiro atoms. The summed E-state index contributed by atoms with van der Waals surface area (Å²) in [6.45, 7) is 2.23. The van der Waals surface area contributed by atoms with Gasteiger partial charge in [0.15, 0.2) is 0 Å². The first-order chi connectivity index (χ1) is 10.2. The van der Waals surface area contributed by atoms with Gasteiger partial charge in [-0.1, -0.05) is 43.7 Å². The van der Waals surface area contributed by atoms with Gasteiger partial charge in [0.25, 0.3) is 0 Å². The largest absolute Gasteiger partial charge is 0.299 e. The van der Waals surface area contributed by atoms with E-state index in [0.717, 1.165) is 19.3 Å². The van der Waals surface area contributed by atoms with Crippen molar-refractivity contribution in [3.63, 3.8) is 0 Å². The fraction of sp³-hybridized carbons (Fsp3) is 0.550. The highest BCUT2D eigenvalue weighted by atomic mass is 16.1. The summed E-state index contributed by atoms with van der Waals surface area (Å²) in [6, 6.07) is 6.71. The highest BCUT2D eigenvalue weighted by molar-refractivity contribution is 5.90. The summed E-state index contributed by atoms with van der Waals surface area (Å²) in [5, 5.41) is 0. The van der Waals surface area contributed by atoms with Gasteiger partial charge in [0.1, 0.15) is 5.78 Å². The summed E-state index contributed by atoms with van der Waals surface area (Å²) in [4.78, 5) is 13.0. The van der Waals surface area contributed by atoms with Crippen molar-refractivity contribution in [2.75, 3.05) is 0 Å². The van der Waals surface area contributed by atoms with E-state index in [1.54, 1.807) is 0 Å². The number of unbranched alkanes of at least 4 members (excludes halogenated alkanes) is 1. The number of carbonyl (C=O) groups is 1. The van der Waals surface area contributed by atoms with Crippen LogP contribution in [-0.2, 0) is 24.1 Å². The zero-order valence-corrected chi connectivity index (χ0v) is 12.9. The van der Waals surface area contributed by atoms with E-state index in [4.69, 9.17) is 0 Å². The van der Waals surface area contributed by atoms with Crippen molar-refractivity contribution in [3.05, 3.63) is 47.0 Å². The van der Waals surface area contributed by atoms with Gasteiger partial charge in [0.2, 0.25) is 0 Å². The third-order valence-corrected chi connectivity index (χ3v) is 6.08. The molecule has 1 saturated carbocycles. The smallest absolute Gasteiger partial charge is 0.144 e. The Hall–Kier alpha value is -1.37. The molecule has 21 heavy (non-hydrogen) atoms. The van der Waals surface area contributed by atoms with Crippen molar-refractivity contribution >= 4 is 5.78 Å². The molecule has 3 atom stereocenters. The zero-order chi connectivity index (χ0) is 14.4. The number of Topliss-reactive ketones (excluding diaryl/α,β-unsaturated/α-hetero) is 1. The normalized spacial score (nSPS) is 32.9. The van der Waals surface area contributed by atoms with Gasteiger partial charge in [-0.3, -0.25) is 4.79 Å². The summed E-state index contributed by atoms with van der Waals surface area (Å²) in [7, 11) is 0. The van der Waals surface area contributed by atoms with E-state index in [2.05, 4.69) is 37.3 Å². The molecule has 1 aromatic carbocycles. The Labute approximate surface area is 127 Å². The lowest BCUT2D eigenvalue weighted by Gasteiger charge is -2.39. The minimum absolute atomic E-state index is 0.0458. The van der Waals surface area contributed by atoms with E-state index < -0.39 is 0 Å². The molecule has 4 rings (SSSR count). The average molecular weight is 280 g/mol. The first-order valence-corrected chi connectivity index (χ1v) is 8.54. The maximum atomic E-state index is 13.0. The maximum Gasteiger partial charge on any atom is 0.144 e. The number of benzene rings is 1. The van der Waals surface area contributed by atoms with Crippen molar-refractivity contribution in [3.8, 4) is 0 Å². The summed E-state index contributed by atoms with van der Waals surface area (Å²) in [5.74, 6) is 1.71. The van der Waals surface area contributed by atoms with Crippen LogP contribution in [0.1, 0.15) is 49.3 Å². The van der Waals surface area contributed by atoms with Crippen LogP contribution in [0.15, 0.2) is 30.4 Å². The van der Waals surface area contributed by atoms with E-state index in [1.165, 1.54) is 36.0 Å². The summed E-state index contributed by atoms with van der Waals surface area (Å²) >= 11 is 0. The molecule has 0 heterocycles. The topological polar surface area (TPSA) is 17.1 Å². The number of carbonyl (C=O) groups excluding carboxylic acids is 1. The van der Waals surface area contributed by atoms with E-state index in [-0.39, 0.29) is 5.41 Å². The van der Waals surface area contributed by atoms with Gasteiger partial charge in [-0.05, 0) is 60.6 Å². The fourth-order valence-electron chi connectivity index (χ4n) is 4.94. The van der Waals surface area contributed by atoms with E-state index in [0.29, 0.717) is 24.0 Å². The molecule has 1 aromatic rings. The second-order valence-corrected chi connectivity index (χ2v) is 7.28. The molecule has 110 valence electrons. The number of fused-ring (bicyclic) bond motifs is 4. The molecule has 1 fully saturated rings.